The fourth-order valence-corrected chi connectivity index (χ4v) is 3.21. The molecule has 1 aliphatic heterocycles. The molecule has 1 unspecified atom stereocenters. The summed E-state index contributed by atoms with van der Waals surface area (Å²) in [6.45, 7) is 8.36. The van der Waals surface area contributed by atoms with E-state index in [0.717, 1.165) is 36.9 Å². The molecule has 0 spiro atoms. The van der Waals surface area contributed by atoms with Crippen LogP contribution in [0.15, 0.2) is 23.2 Å². The Morgan fingerprint density at radius 2 is 2.22 bits per heavy atom. The highest BCUT2D eigenvalue weighted by atomic mass is 16.5. The van der Waals surface area contributed by atoms with Gasteiger partial charge >= 0.3 is 0 Å². The zero-order valence-corrected chi connectivity index (χ0v) is 14.9. The van der Waals surface area contributed by atoms with Crippen molar-refractivity contribution < 1.29 is 4.74 Å². The molecule has 1 heterocycles. The summed E-state index contributed by atoms with van der Waals surface area (Å²) in [5.41, 5.74) is 2.38. The highest BCUT2D eigenvalue weighted by molar-refractivity contribution is 5.79. The molecule has 5 heteroatoms. The smallest absolute Gasteiger partial charge is 0.191 e. The lowest BCUT2D eigenvalue weighted by atomic mass is 10.1. The lowest BCUT2D eigenvalue weighted by Crippen LogP contribution is -2.44. The number of nitrogens with one attached hydrogen (secondary N) is 2. The molecule has 0 bridgehead atoms. The molecular formula is C18H30N4O. The van der Waals surface area contributed by atoms with Crippen LogP contribution in [0.2, 0.25) is 0 Å². The maximum absolute atomic E-state index is 5.30. The number of guanidine groups is 1. The second-order valence-corrected chi connectivity index (χ2v) is 6.04. The van der Waals surface area contributed by atoms with Crippen LogP contribution in [0.1, 0.15) is 30.9 Å². The molecule has 0 radical (unpaired) electrons. The van der Waals surface area contributed by atoms with Crippen LogP contribution in [0, 0.1) is 6.92 Å². The van der Waals surface area contributed by atoms with E-state index in [9.17, 15) is 0 Å². The summed E-state index contributed by atoms with van der Waals surface area (Å²) in [7, 11) is 3.52. The van der Waals surface area contributed by atoms with E-state index in [0.29, 0.717) is 6.04 Å². The number of aliphatic imine (C=N–C) groups is 1. The minimum Gasteiger partial charge on any atom is -0.496 e. The van der Waals surface area contributed by atoms with Crippen molar-refractivity contribution in [3.05, 3.63) is 29.3 Å². The summed E-state index contributed by atoms with van der Waals surface area (Å²) in [5, 5.41) is 6.84. The number of nitrogens with zero attached hydrogens (tertiary/aromatic N) is 2. The highest BCUT2D eigenvalue weighted by Crippen LogP contribution is 2.18. The fourth-order valence-electron chi connectivity index (χ4n) is 3.21. The van der Waals surface area contributed by atoms with Crippen LogP contribution in [0.25, 0.3) is 0 Å². The Kier molecular flexibility index (Phi) is 6.71. The first-order valence-corrected chi connectivity index (χ1v) is 8.50. The van der Waals surface area contributed by atoms with Crippen molar-refractivity contribution in [3.8, 4) is 5.75 Å². The van der Waals surface area contributed by atoms with Gasteiger partial charge in [-0.25, -0.2) is 0 Å². The monoisotopic (exact) mass is 318 g/mol. The number of hydrogen-bond acceptors (Lipinski definition) is 3. The van der Waals surface area contributed by atoms with Crippen molar-refractivity contribution in [1.82, 2.24) is 15.5 Å². The largest absolute Gasteiger partial charge is 0.496 e. The van der Waals surface area contributed by atoms with Gasteiger partial charge in [-0.2, -0.15) is 0 Å². The summed E-state index contributed by atoms with van der Waals surface area (Å²) in [5.74, 6) is 1.79. The van der Waals surface area contributed by atoms with E-state index in [2.05, 4.69) is 46.5 Å². The number of rotatable bonds is 6. The third-order valence-electron chi connectivity index (χ3n) is 4.55. The zero-order chi connectivity index (χ0) is 16.7. The normalized spacial score (nSPS) is 19.0. The Hall–Kier alpha value is -1.75. The molecular weight excluding hydrogens is 288 g/mol. The minimum atomic E-state index is 0.627. The van der Waals surface area contributed by atoms with Crippen molar-refractivity contribution in [2.75, 3.05) is 33.8 Å². The molecule has 23 heavy (non-hydrogen) atoms. The second kappa shape index (κ2) is 8.77. The van der Waals surface area contributed by atoms with E-state index >= 15 is 0 Å². The Labute approximate surface area is 140 Å². The van der Waals surface area contributed by atoms with Crippen LogP contribution in [0.5, 0.6) is 5.75 Å². The van der Waals surface area contributed by atoms with Crippen molar-refractivity contribution in [2.24, 2.45) is 4.99 Å². The molecule has 1 atom stereocenters. The second-order valence-electron chi connectivity index (χ2n) is 6.04. The van der Waals surface area contributed by atoms with Crippen LogP contribution in [0.3, 0.4) is 0 Å². The van der Waals surface area contributed by atoms with E-state index in [1.807, 2.05) is 13.1 Å². The summed E-state index contributed by atoms with van der Waals surface area (Å²) >= 11 is 0. The van der Waals surface area contributed by atoms with Gasteiger partial charge in [-0.15, -0.1) is 0 Å². The average Bonchev–Trinajstić information content (AvgIpc) is 3.02. The molecule has 0 saturated carbocycles. The van der Waals surface area contributed by atoms with Crippen molar-refractivity contribution in [2.45, 2.75) is 39.3 Å². The SMILES string of the molecule is CCN1CCCC1CNC(=NC)NCc1ccc(OC)c(C)c1. The molecule has 1 saturated heterocycles. The van der Waals surface area contributed by atoms with Gasteiger partial charge in [0.05, 0.1) is 7.11 Å². The Bertz CT molecular complexity index is 530. The van der Waals surface area contributed by atoms with Gasteiger partial charge in [-0.1, -0.05) is 19.1 Å². The van der Waals surface area contributed by atoms with Gasteiger partial charge in [0.1, 0.15) is 5.75 Å². The first-order valence-electron chi connectivity index (χ1n) is 8.50. The van der Waals surface area contributed by atoms with E-state index in [4.69, 9.17) is 4.74 Å². The molecule has 2 N–H and O–H groups in total. The quantitative estimate of drug-likeness (QED) is 0.623. The van der Waals surface area contributed by atoms with Crippen LogP contribution in [-0.4, -0.2) is 50.7 Å². The number of likely N-dealkylation sites (tertiary alicyclic amines) is 1. The van der Waals surface area contributed by atoms with Crippen LogP contribution < -0.4 is 15.4 Å². The van der Waals surface area contributed by atoms with Gasteiger partial charge in [0, 0.05) is 26.2 Å². The number of benzene rings is 1. The predicted octanol–water partition coefficient (Wildman–Crippen LogP) is 2.15. The summed E-state index contributed by atoms with van der Waals surface area (Å²) in [4.78, 5) is 6.86. The fraction of sp³-hybridized carbons (Fsp3) is 0.611. The Morgan fingerprint density at radius 1 is 1.39 bits per heavy atom. The molecule has 0 amide bonds. The van der Waals surface area contributed by atoms with Crippen molar-refractivity contribution in [3.63, 3.8) is 0 Å². The molecule has 5 nitrogen and oxygen atoms in total. The van der Waals surface area contributed by atoms with Crippen molar-refractivity contribution >= 4 is 5.96 Å². The Morgan fingerprint density at radius 3 is 2.87 bits per heavy atom. The Balaban J connectivity index is 1.82. The highest BCUT2D eigenvalue weighted by Gasteiger charge is 2.22. The topological polar surface area (TPSA) is 48.9 Å². The first kappa shape index (κ1) is 17.6. The maximum Gasteiger partial charge on any atom is 0.191 e. The third-order valence-corrected chi connectivity index (χ3v) is 4.55. The molecule has 1 aromatic carbocycles. The number of methoxy groups -OCH3 is 1. The zero-order valence-electron chi connectivity index (χ0n) is 14.9. The van der Waals surface area contributed by atoms with Gasteiger partial charge in [0.25, 0.3) is 0 Å². The molecule has 128 valence electrons. The van der Waals surface area contributed by atoms with Gasteiger partial charge in [0.2, 0.25) is 0 Å². The molecule has 1 aromatic rings. The summed E-state index contributed by atoms with van der Waals surface area (Å²) < 4.78 is 5.30. The molecule has 0 aliphatic carbocycles. The van der Waals surface area contributed by atoms with E-state index in [1.165, 1.54) is 24.9 Å². The number of aryl methyl sites for hydroxylation is 1. The third kappa shape index (κ3) is 4.86. The van der Waals surface area contributed by atoms with Crippen LogP contribution >= 0.6 is 0 Å². The number of ether oxygens (including phenoxy) is 1. The molecule has 1 aliphatic rings. The molecule has 2 rings (SSSR count). The van der Waals surface area contributed by atoms with Crippen LogP contribution in [-0.2, 0) is 6.54 Å². The minimum absolute atomic E-state index is 0.627. The molecule has 0 aromatic heterocycles. The number of hydrogen-bond donors (Lipinski definition) is 2. The molecule has 1 fully saturated rings. The van der Waals surface area contributed by atoms with Crippen molar-refractivity contribution in [1.29, 1.82) is 0 Å². The van der Waals surface area contributed by atoms with E-state index < -0.39 is 0 Å². The lowest BCUT2D eigenvalue weighted by molar-refractivity contribution is 0.267. The first-order chi connectivity index (χ1) is 11.2. The summed E-state index contributed by atoms with van der Waals surface area (Å²) in [6.07, 6.45) is 2.58. The van der Waals surface area contributed by atoms with Gasteiger partial charge in [-0.3, -0.25) is 9.89 Å². The average molecular weight is 318 g/mol. The maximum atomic E-state index is 5.30. The van der Waals surface area contributed by atoms with Gasteiger partial charge in [0.15, 0.2) is 5.96 Å². The lowest BCUT2D eigenvalue weighted by Gasteiger charge is -2.24. The predicted molar refractivity (Wildman–Crippen MR) is 96.2 cm³/mol. The summed E-state index contributed by atoms with van der Waals surface area (Å²) in [6, 6.07) is 6.87. The van der Waals surface area contributed by atoms with E-state index in [1.54, 1.807) is 7.11 Å². The standard InChI is InChI=1S/C18H30N4O/c1-5-22-10-6-7-16(22)13-21-18(19-3)20-12-15-8-9-17(23-4)14(2)11-15/h8-9,11,16H,5-7,10,12-13H2,1-4H3,(H2,19,20,21). The van der Waals surface area contributed by atoms with Crippen LogP contribution in [0.4, 0.5) is 0 Å². The van der Waals surface area contributed by atoms with Gasteiger partial charge in [-0.05, 0) is 50.0 Å². The van der Waals surface area contributed by atoms with Gasteiger partial charge < -0.3 is 15.4 Å². The van der Waals surface area contributed by atoms with E-state index in [-0.39, 0.29) is 0 Å². The number of likely N-dealkylation sites (N-methyl/N-ethyl adjacent to an activating group) is 1.